The number of para-hydroxylation sites is 2. The lowest BCUT2D eigenvalue weighted by Crippen LogP contribution is -2.15. The number of aromatic nitrogens is 6. The van der Waals surface area contributed by atoms with Crippen LogP contribution in [0.25, 0.3) is 5.69 Å². The van der Waals surface area contributed by atoms with Crippen LogP contribution in [0.15, 0.2) is 36.9 Å². The highest BCUT2D eigenvalue weighted by molar-refractivity contribution is 6.02. The molecule has 0 bridgehead atoms. The van der Waals surface area contributed by atoms with Gasteiger partial charge >= 0.3 is 0 Å². The smallest absolute Gasteiger partial charge is 0.293 e. The predicted molar refractivity (Wildman–Crippen MR) is 70.1 cm³/mol. The molecule has 0 aliphatic rings. The fourth-order valence-electron chi connectivity index (χ4n) is 1.67. The van der Waals surface area contributed by atoms with E-state index in [0.29, 0.717) is 11.4 Å². The van der Waals surface area contributed by atoms with Gasteiger partial charge in [0.2, 0.25) is 11.8 Å². The minimum absolute atomic E-state index is 0.0136. The first kappa shape index (κ1) is 11.8. The molecular weight excluding hydrogens is 260 g/mol. The van der Waals surface area contributed by atoms with Gasteiger partial charge in [0.25, 0.3) is 5.91 Å². The predicted octanol–water partition coefficient (Wildman–Crippen LogP) is 0.220. The number of hydrogen-bond acceptors (Lipinski definition) is 6. The zero-order chi connectivity index (χ0) is 13.9. The fourth-order valence-corrected chi connectivity index (χ4v) is 1.67. The number of H-pyrrole nitrogens is 1. The minimum Gasteiger partial charge on any atom is -0.366 e. The van der Waals surface area contributed by atoms with Crippen molar-refractivity contribution < 1.29 is 4.79 Å². The number of carbonyl (C=O) groups excluding carboxylic acids is 1. The Balaban J connectivity index is 1.90. The lowest BCUT2D eigenvalue weighted by Gasteiger charge is -2.09. The lowest BCUT2D eigenvalue weighted by molar-refractivity contribution is 0.101. The summed E-state index contributed by atoms with van der Waals surface area (Å²) in [6.07, 6.45) is 2.95. The molecule has 1 aromatic carbocycles. The van der Waals surface area contributed by atoms with Crippen molar-refractivity contribution in [3.8, 4) is 5.69 Å². The van der Waals surface area contributed by atoms with Crippen LogP contribution in [0.5, 0.6) is 0 Å². The zero-order valence-electron chi connectivity index (χ0n) is 10.2. The van der Waals surface area contributed by atoms with E-state index in [9.17, 15) is 4.79 Å². The summed E-state index contributed by atoms with van der Waals surface area (Å²) in [6, 6.07) is 7.18. The van der Waals surface area contributed by atoms with Crippen molar-refractivity contribution in [2.45, 2.75) is 0 Å². The number of amides is 1. The second-order valence-electron chi connectivity index (χ2n) is 3.85. The first-order valence-corrected chi connectivity index (χ1v) is 5.67. The Morgan fingerprint density at radius 3 is 2.90 bits per heavy atom. The van der Waals surface area contributed by atoms with Crippen LogP contribution in [-0.4, -0.2) is 35.9 Å². The lowest BCUT2D eigenvalue weighted by atomic mass is 10.2. The summed E-state index contributed by atoms with van der Waals surface area (Å²) < 4.78 is 1.55. The van der Waals surface area contributed by atoms with E-state index in [4.69, 9.17) is 5.73 Å². The normalized spacial score (nSPS) is 10.4. The molecule has 4 N–H and O–H groups in total. The second kappa shape index (κ2) is 4.80. The number of aromatic amines is 1. The van der Waals surface area contributed by atoms with E-state index in [-0.39, 0.29) is 11.8 Å². The van der Waals surface area contributed by atoms with Gasteiger partial charge in [0.1, 0.15) is 12.7 Å². The molecule has 3 rings (SSSR count). The Kier molecular flexibility index (Phi) is 2.84. The molecule has 0 atom stereocenters. The molecule has 0 saturated heterocycles. The number of anilines is 2. The minimum atomic E-state index is -0.443. The van der Waals surface area contributed by atoms with Crippen LogP contribution >= 0.6 is 0 Å². The fraction of sp³-hybridized carbons (Fsp3) is 0. The number of carbonyl (C=O) groups is 1. The van der Waals surface area contributed by atoms with Gasteiger partial charge in [0.05, 0.1) is 11.4 Å². The van der Waals surface area contributed by atoms with E-state index < -0.39 is 5.91 Å². The summed E-state index contributed by atoms with van der Waals surface area (Å²) in [4.78, 5) is 19.6. The molecular formula is C11H10N8O. The molecule has 9 heteroatoms. The number of nitrogens with one attached hydrogen (secondary N) is 2. The Morgan fingerprint density at radius 1 is 1.35 bits per heavy atom. The van der Waals surface area contributed by atoms with Gasteiger partial charge < -0.3 is 11.1 Å². The largest absolute Gasteiger partial charge is 0.366 e. The van der Waals surface area contributed by atoms with Gasteiger partial charge in [-0.2, -0.15) is 10.1 Å². The van der Waals surface area contributed by atoms with Gasteiger partial charge in [-0.05, 0) is 12.1 Å². The molecule has 100 valence electrons. The average molecular weight is 270 g/mol. The summed E-state index contributed by atoms with van der Waals surface area (Å²) in [6.45, 7) is 0. The number of nitrogen functional groups attached to an aromatic ring is 1. The highest BCUT2D eigenvalue weighted by Crippen LogP contribution is 2.19. The van der Waals surface area contributed by atoms with Gasteiger partial charge in [-0.15, -0.1) is 5.10 Å². The summed E-state index contributed by atoms with van der Waals surface area (Å²) in [5, 5.41) is 12.8. The molecule has 0 radical (unpaired) electrons. The first-order chi connectivity index (χ1) is 9.74. The summed E-state index contributed by atoms with van der Waals surface area (Å²) >= 11 is 0. The number of rotatable bonds is 3. The SMILES string of the molecule is Nc1n[nH]c(C(=O)Nc2ccccc2-n2cncn2)n1. The maximum atomic E-state index is 12.0. The molecule has 9 nitrogen and oxygen atoms in total. The van der Waals surface area contributed by atoms with E-state index in [1.807, 2.05) is 6.07 Å². The molecule has 0 saturated carbocycles. The monoisotopic (exact) mass is 270 g/mol. The number of nitrogens with two attached hydrogens (primary N) is 1. The Labute approximate surface area is 112 Å². The van der Waals surface area contributed by atoms with E-state index in [1.165, 1.54) is 12.7 Å². The number of nitrogens with zero attached hydrogens (tertiary/aromatic N) is 5. The third-order valence-corrected chi connectivity index (χ3v) is 2.54. The van der Waals surface area contributed by atoms with Gasteiger partial charge in [-0.1, -0.05) is 12.1 Å². The van der Waals surface area contributed by atoms with Crippen LogP contribution in [0.2, 0.25) is 0 Å². The average Bonchev–Trinajstić information content (AvgIpc) is 3.10. The number of benzene rings is 1. The standard InChI is InChI=1S/C11H10N8O/c12-11-16-9(17-18-11)10(20)15-7-3-1-2-4-8(7)19-6-13-5-14-19/h1-6H,(H,15,20)(H3,12,16,17,18). The van der Waals surface area contributed by atoms with Gasteiger partial charge in [0.15, 0.2) is 0 Å². The molecule has 3 aromatic rings. The van der Waals surface area contributed by atoms with Crippen molar-refractivity contribution in [1.82, 2.24) is 29.9 Å². The molecule has 2 aromatic heterocycles. The van der Waals surface area contributed by atoms with E-state index in [2.05, 4.69) is 30.6 Å². The summed E-state index contributed by atoms with van der Waals surface area (Å²) in [5.41, 5.74) is 6.61. The van der Waals surface area contributed by atoms with Crippen molar-refractivity contribution in [2.75, 3.05) is 11.1 Å². The highest BCUT2D eigenvalue weighted by atomic mass is 16.2. The Morgan fingerprint density at radius 2 is 2.20 bits per heavy atom. The Bertz CT molecular complexity index is 732. The van der Waals surface area contributed by atoms with Gasteiger partial charge in [-0.3, -0.25) is 9.89 Å². The van der Waals surface area contributed by atoms with Crippen LogP contribution in [0.4, 0.5) is 11.6 Å². The van der Waals surface area contributed by atoms with E-state index >= 15 is 0 Å². The molecule has 0 fully saturated rings. The van der Waals surface area contributed by atoms with Crippen molar-refractivity contribution in [1.29, 1.82) is 0 Å². The van der Waals surface area contributed by atoms with Crippen molar-refractivity contribution in [3.05, 3.63) is 42.7 Å². The van der Waals surface area contributed by atoms with Crippen LogP contribution in [0.1, 0.15) is 10.6 Å². The van der Waals surface area contributed by atoms with E-state index in [0.717, 1.165) is 0 Å². The molecule has 0 unspecified atom stereocenters. The van der Waals surface area contributed by atoms with Gasteiger partial charge in [-0.25, -0.2) is 9.67 Å². The molecule has 0 spiro atoms. The third-order valence-electron chi connectivity index (χ3n) is 2.54. The third kappa shape index (κ3) is 2.19. The van der Waals surface area contributed by atoms with E-state index in [1.54, 1.807) is 22.9 Å². The quantitative estimate of drug-likeness (QED) is 0.624. The highest BCUT2D eigenvalue weighted by Gasteiger charge is 2.13. The van der Waals surface area contributed by atoms with Crippen LogP contribution in [0, 0.1) is 0 Å². The van der Waals surface area contributed by atoms with Crippen molar-refractivity contribution in [2.24, 2.45) is 0 Å². The summed E-state index contributed by atoms with van der Waals surface area (Å²) in [5.74, 6) is -0.391. The topological polar surface area (TPSA) is 127 Å². The maximum Gasteiger partial charge on any atom is 0.293 e. The maximum absolute atomic E-state index is 12.0. The van der Waals surface area contributed by atoms with Crippen molar-refractivity contribution in [3.63, 3.8) is 0 Å². The van der Waals surface area contributed by atoms with Crippen LogP contribution in [0.3, 0.4) is 0 Å². The molecule has 1 amide bonds. The molecule has 2 heterocycles. The summed E-state index contributed by atoms with van der Waals surface area (Å²) in [7, 11) is 0. The zero-order valence-corrected chi connectivity index (χ0v) is 10.2. The molecule has 0 aliphatic carbocycles. The van der Waals surface area contributed by atoms with Gasteiger partial charge in [0, 0.05) is 0 Å². The molecule has 20 heavy (non-hydrogen) atoms. The number of hydrogen-bond donors (Lipinski definition) is 3. The second-order valence-corrected chi connectivity index (χ2v) is 3.85. The molecule has 0 aliphatic heterocycles. The van der Waals surface area contributed by atoms with Crippen molar-refractivity contribution >= 4 is 17.5 Å². The van der Waals surface area contributed by atoms with Crippen LogP contribution in [-0.2, 0) is 0 Å². The first-order valence-electron chi connectivity index (χ1n) is 5.67. The van der Waals surface area contributed by atoms with Crippen LogP contribution < -0.4 is 11.1 Å². The Hall–Kier alpha value is -3.23.